The number of aromatic carboxylic acids is 1. The molecule has 1 aromatic carbocycles. The molecule has 1 aliphatic rings. The fourth-order valence-electron chi connectivity index (χ4n) is 1.94. The van der Waals surface area contributed by atoms with Gasteiger partial charge in [0.1, 0.15) is 0 Å². The van der Waals surface area contributed by atoms with Gasteiger partial charge in [-0.1, -0.05) is 11.6 Å². The molecule has 0 amide bonds. The van der Waals surface area contributed by atoms with Crippen LogP contribution in [0.3, 0.4) is 0 Å². The number of halogens is 1. The van der Waals surface area contributed by atoms with Gasteiger partial charge in [-0.15, -0.1) is 0 Å². The van der Waals surface area contributed by atoms with Crippen LogP contribution in [0.2, 0.25) is 5.02 Å². The zero-order valence-electron chi connectivity index (χ0n) is 9.51. The summed E-state index contributed by atoms with van der Waals surface area (Å²) in [6.07, 6.45) is 4.11. The SMILES string of the molecule is O=C(O)c1ccc(Cl)cc1-n1ccc(C2CC2)n1. The summed E-state index contributed by atoms with van der Waals surface area (Å²) in [5.41, 5.74) is 1.72. The van der Waals surface area contributed by atoms with E-state index in [1.165, 1.54) is 18.9 Å². The van der Waals surface area contributed by atoms with Crippen LogP contribution in [0.4, 0.5) is 0 Å². The maximum atomic E-state index is 11.2. The minimum atomic E-state index is -0.981. The summed E-state index contributed by atoms with van der Waals surface area (Å²) < 4.78 is 1.59. The summed E-state index contributed by atoms with van der Waals surface area (Å²) in [7, 11) is 0. The molecule has 0 atom stereocenters. The Morgan fingerprint density at radius 2 is 2.17 bits per heavy atom. The highest BCUT2D eigenvalue weighted by Crippen LogP contribution is 2.39. The predicted octanol–water partition coefficient (Wildman–Crippen LogP) is 3.10. The number of aromatic nitrogens is 2. The van der Waals surface area contributed by atoms with E-state index >= 15 is 0 Å². The number of rotatable bonds is 3. The van der Waals surface area contributed by atoms with Crippen molar-refractivity contribution in [1.29, 1.82) is 0 Å². The van der Waals surface area contributed by atoms with Crippen molar-refractivity contribution in [2.24, 2.45) is 0 Å². The quantitative estimate of drug-likeness (QED) is 0.925. The molecule has 5 heteroatoms. The standard InChI is InChI=1S/C13H11ClN2O2/c14-9-3-4-10(13(17)18)12(7-9)16-6-5-11(15-16)8-1-2-8/h3-8H,1-2H2,(H,17,18). The molecule has 1 saturated carbocycles. The minimum absolute atomic E-state index is 0.199. The van der Waals surface area contributed by atoms with Crippen LogP contribution < -0.4 is 0 Å². The van der Waals surface area contributed by atoms with Crippen LogP contribution in [0.15, 0.2) is 30.5 Å². The van der Waals surface area contributed by atoms with Crippen LogP contribution in [-0.4, -0.2) is 20.9 Å². The number of carboxylic acid groups (broad SMARTS) is 1. The third kappa shape index (κ3) is 1.99. The number of nitrogens with zero attached hydrogens (tertiary/aromatic N) is 2. The molecule has 1 aromatic heterocycles. The Morgan fingerprint density at radius 3 is 2.83 bits per heavy atom. The van der Waals surface area contributed by atoms with Gasteiger partial charge in [0.25, 0.3) is 0 Å². The molecular formula is C13H11ClN2O2. The van der Waals surface area contributed by atoms with Crippen molar-refractivity contribution in [3.63, 3.8) is 0 Å². The monoisotopic (exact) mass is 262 g/mol. The van der Waals surface area contributed by atoms with Gasteiger partial charge in [0.05, 0.1) is 16.9 Å². The largest absolute Gasteiger partial charge is 0.478 e. The molecule has 0 spiro atoms. The number of hydrogen-bond donors (Lipinski definition) is 1. The van der Waals surface area contributed by atoms with Gasteiger partial charge >= 0.3 is 5.97 Å². The molecule has 0 saturated heterocycles. The lowest BCUT2D eigenvalue weighted by Gasteiger charge is -2.06. The molecule has 1 heterocycles. The number of carboxylic acids is 1. The molecule has 0 radical (unpaired) electrons. The fraction of sp³-hybridized carbons (Fsp3) is 0.231. The van der Waals surface area contributed by atoms with E-state index in [9.17, 15) is 4.79 Å². The van der Waals surface area contributed by atoms with Crippen molar-refractivity contribution in [2.75, 3.05) is 0 Å². The molecule has 1 fully saturated rings. The van der Waals surface area contributed by atoms with E-state index in [4.69, 9.17) is 16.7 Å². The minimum Gasteiger partial charge on any atom is -0.478 e. The molecule has 18 heavy (non-hydrogen) atoms. The highest BCUT2D eigenvalue weighted by Gasteiger charge is 2.26. The van der Waals surface area contributed by atoms with Gasteiger partial charge in [-0.05, 0) is 37.1 Å². The van der Waals surface area contributed by atoms with Crippen LogP contribution in [0.1, 0.15) is 34.8 Å². The van der Waals surface area contributed by atoms with Gasteiger partial charge in [-0.3, -0.25) is 0 Å². The normalized spacial score (nSPS) is 14.7. The average Bonchev–Trinajstić information content (AvgIpc) is 3.07. The zero-order chi connectivity index (χ0) is 12.7. The van der Waals surface area contributed by atoms with Crippen molar-refractivity contribution in [3.05, 3.63) is 46.7 Å². The van der Waals surface area contributed by atoms with E-state index in [1.807, 2.05) is 6.07 Å². The zero-order valence-corrected chi connectivity index (χ0v) is 10.3. The maximum absolute atomic E-state index is 11.2. The summed E-state index contributed by atoms with van der Waals surface area (Å²) >= 11 is 5.92. The third-order valence-electron chi connectivity index (χ3n) is 3.04. The average molecular weight is 263 g/mol. The van der Waals surface area contributed by atoms with Gasteiger partial charge in [-0.25, -0.2) is 9.48 Å². The Morgan fingerprint density at radius 1 is 1.39 bits per heavy atom. The summed E-state index contributed by atoms with van der Waals surface area (Å²) in [4.78, 5) is 11.2. The van der Waals surface area contributed by atoms with Crippen LogP contribution in [0.25, 0.3) is 5.69 Å². The van der Waals surface area contributed by atoms with Gasteiger partial charge in [0, 0.05) is 17.1 Å². The summed E-state index contributed by atoms with van der Waals surface area (Å²) in [6.45, 7) is 0. The first kappa shape index (κ1) is 11.3. The third-order valence-corrected chi connectivity index (χ3v) is 3.28. The molecule has 3 rings (SSSR count). The Balaban J connectivity index is 2.07. The number of hydrogen-bond acceptors (Lipinski definition) is 2. The van der Waals surface area contributed by atoms with E-state index in [0.717, 1.165) is 5.69 Å². The fourth-order valence-corrected chi connectivity index (χ4v) is 2.11. The second-order valence-corrected chi connectivity index (χ2v) is 4.86. The first-order valence-corrected chi connectivity index (χ1v) is 6.12. The predicted molar refractivity (Wildman–Crippen MR) is 67.5 cm³/mol. The molecule has 1 N–H and O–H groups in total. The van der Waals surface area contributed by atoms with Gasteiger partial charge < -0.3 is 5.11 Å². The van der Waals surface area contributed by atoms with Crippen molar-refractivity contribution in [2.45, 2.75) is 18.8 Å². The lowest BCUT2D eigenvalue weighted by atomic mass is 10.2. The van der Waals surface area contributed by atoms with Gasteiger partial charge in [-0.2, -0.15) is 5.10 Å². The van der Waals surface area contributed by atoms with Crippen molar-refractivity contribution in [3.8, 4) is 5.69 Å². The molecule has 2 aromatic rings. The van der Waals surface area contributed by atoms with Crippen molar-refractivity contribution >= 4 is 17.6 Å². The smallest absolute Gasteiger partial charge is 0.337 e. The van der Waals surface area contributed by atoms with Crippen LogP contribution >= 0.6 is 11.6 Å². The van der Waals surface area contributed by atoms with Crippen LogP contribution in [-0.2, 0) is 0 Å². The van der Waals surface area contributed by atoms with E-state index in [2.05, 4.69) is 5.10 Å². The molecule has 4 nitrogen and oxygen atoms in total. The molecule has 0 aliphatic heterocycles. The van der Waals surface area contributed by atoms with Gasteiger partial charge in [0.2, 0.25) is 0 Å². The Bertz CT molecular complexity index is 617. The Labute approximate surface area is 109 Å². The van der Waals surface area contributed by atoms with Gasteiger partial charge in [0.15, 0.2) is 0 Å². The van der Waals surface area contributed by atoms with E-state index in [1.54, 1.807) is 23.0 Å². The Hall–Kier alpha value is -1.81. The first-order valence-electron chi connectivity index (χ1n) is 5.74. The highest BCUT2D eigenvalue weighted by atomic mass is 35.5. The van der Waals surface area contributed by atoms with Crippen molar-refractivity contribution < 1.29 is 9.90 Å². The van der Waals surface area contributed by atoms with Crippen LogP contribution in [0, 0.1) is 0 Å². The molecule has 0 bridgehead atoms. The lowest BCUT2D eigenvalue weighted by Crippen LogP contribution is -2.06. The van der Waals surface area contributed by atoms with E-state index < -0.39 is 5.97 Å². The highest BCUT2D eigenvalue weighted by molar-refractivity contribution is 6.30. The summed E-state index contributed by atoms with van der Waals surface area (Å²) in [5, 5.41) is 14.1. The maximum Gasteiger partial charge on any atom is 0.337 e. The topological polar surface area (TPSA) is 55.1 Å². The Kier molecular flexibility index (Phi) is 2.59. The second-order valence-electron chi connectivity index (χ2n) is 4.43. The number of benzene rings is 1. The second kappa shape index (κ2) is 4.14. The van der Waals surface area contributed by atoms with E-state index in [-0.39, 0.29) is 5.56 Å². The van der Waals surface area contributed by atoms with Crippen LogP contribution in [0.5, 0.6) is 0 Å². The first-order chi connectivity index (χ1) is 8.65. The summed E-state index contributed by atoms with van der Waals surface area (Å²) in [6, 6.07) is 6.62. The summed E-state index contributed by atoms with van der Waals surface area (Å²) in [5.74, 6) is -0.441. The number of carbonyl (C=O) groups is 1. The molecular weight excluding hydrogens is 252 g/mol. The lowest BCUT2D eigenvalue weighted by molar-refractivity contribution is 0.0696. The molecule has 92 valence electrons. The molecule has 0 unspecified atom stereocenters. The van der Waals surface area contributed by atoms with Crippen molar-refractivity contribution in [1.82, 2.24) is 9.78 Å². The molecule has 1 aliphatic carbocycles. The van der Waals surface area contributed by atoms with E-state index in [0.29, 0.717) is 16.6 Å².